The molecule has 4 aromatic rings. The average Bonchev–Trinajstić information content (AvgIpc) is 3.22. The Balaban J connectivity index is 1.24. The first-order valence-electron chi connectivity index (χ1n) is 12.0. The number of nitrogens with zero attached hydrogens (tertiary/aromatic N) is 5. The van der Waals surface area contributed by atoms with E-state index in [1.54, 1.807) is 10.7 Å². The van der Waals surface area contributed by atoms with Crippen LogP contribution in [0.3, 0.4) is 0 Å². The van der Waals surface area contributed by atoms with Gasteiger partial charge in [-0.1, -0.05) is 26.0 Å². The van der Waals surface area contributed by atoms with Gasteiger partial charge in [-0.15, -0.1) is 0 Å². The van der Waals surface area contributed by atoms with E-state index in [0.717, 1.165) is 59.9 Å². The van der Waals surface area contributed by atoms with E-state index in [1.165, 1.54) is 0 Å². The zero-order chi connectivity index (χ0) is 24.2. The van der Waals surface area contributed by atoms with Crippen LogP contribution in [0, 0.1) is 12.3 Å². The Morgan fingerprint density at radius 3 is 2.54 bits per heavy atom. The Morgan fingerprint density at radius 2 is 1.86 bits per heavy atom. The Labute approximate surface area is 204 Å². The number of nitrogens with one attached hydrogen (secondary N) is 1. The van der Waals surface area contributed by atoms with Crippen molar-refractivity contribution >= 4 is 22.8 Å². The van der Waals surface area contributed by atoms with Crippen molar-refractivity contribution in [3.63, 3.8) is 0 Å². The van der Waals surface area contributed by atoms with Crippen molar-refractivity contribution in [1.29, 1.82) is 0 Å². The summed E-state index contributed by atoms with van der Waals surface area (Å²) in [5.74, 6) is 0.813. The van der Waals surface area contributed by atoms with Gasteiger partial charge in [-0.2, -0.15) is 5.10 Å². The number of fused-ring (bicyclic) bond motifs is 1. The van der Waals surface area contributed by atoms with Gasteiger partial charge in [0.2, 0.25) is 0 Å². The van der Waals surface area contributed by atoms with Crippen molar-refractivity contribution in [1.82, 2.24) is 19.6 Å². The summed E-state index contributed by atoms with van der Waals surface area (Å²) < 4.78 is 7.13. The smallest absolute Gasteiger partial charge is 0.259 e. The lowest BCUT2D eigenvalue weighted by molar-refractivity contribution is -0.127. The number of benzene rings is 1. The van der Waals surface area contributed by atoms with E-state index in [-0.39, 0.29) is 5.91 Å². The highest BCUT2D eigenvalue weighted by Gasteiger charge is 2.49. The van der Waals surface area contributed by atoms with E-state index in [4.69, 9.17) is 4.74 Å². The normalized spacial score (nSPS) is 16.4. The molecule has 0 radical (unpaired) electrons. The molecule has 2 saturated heterocycles. The number of hydrogen-bond acceptors (Lipinski definition) is 6. The van der Waals surface area contributed by atoms with Gasteiger partial charge in [-0.3, -0.25) is 4.79 Å². The molecule has 0 aliphatic carbocycles. The molecule has 8 heteroatoms. The number of aromatic nitrogens is 4. The highest BCUT2D eigenvalue weighted by Crippen LogP contribution is 2.40. The molecule has 6 rings (SSSR count). The van der Waals surface area contributed by atoms with Crippen molar-refractivity contribution in [2.24, 2.45) is 5.41 Å². The first kappa shape index (κ1) is 21.7. The molecule has 0 saturated carbocycles. The first-order chi connectivity index (χ1) is 16.9. The van der Waals surface area contributed by atoms with E-state index >= 15 is 0 Å². The second-order valence-corrected chi connectivity index (χ2v) is 10.1. The summed E-state index contributed by atoms with van der Waals surface area (Å²) in [5.41, 5.74) is 6.40. The van der Waals surface area contributed by atoms with Crippen LogP contribution in [0.1, 0.15) is 41.3 Å². The van der Waals surface area contributed by atoms with Gasteiger partial charge in [-0.05, 0) is 42.2 Å². The third kappa shape index (κ3) is 3.83. The maximum absolute atomic E-state index is 13.3. The summed E-state index contributed by atoms with van der Waals surface area (Å²) in [4.78, 5) is 24.7. The molecule has 0 bridgehead atoms. The van der Waals surface area contributed by atoms with Crippen molar-refractivity contribution in [3.05, 3.63) is 71.8 Å². The lowest BCUT2D eigenvalue weighted by Crippen LogP contribution is -2.66. The third-order valence-corrected chi connectivity index (χ3v) is 7.07. The van der Waals surface area contributed by atoms with Gasteiger partial charge in [0.15, 0.2) is 5.82 Å². The molecule has 2 aliphatic heterocycles. The molecule has 2 aliphatic rings. The number of pyridine rings is 1. The molecule has 3 aromatic heterocycles. The zero-order valence-electron chi connectivity index (χ0n) is 20.2. The van der Waals surface area contributed by atoms with Crippen LogP contribution in [0.5, 0.6) is 0 Å². The van der Waals surface area contributed by atoms with E-state index in [9.17, 15) is 4.79 Å². The van der Waals surface area contributed by atoms with Crippen LogP contribution in [0.2, 0.25) is 0 Å². The number of anilines is 2. The maximum atomic E-state index is 13.3. The minimum absolute atomic E-state index is 0.194. The molecule has 1 spiro atoms. The molecule has 35 heavy (non-hydrogen) atoms. The van der Waals surface area contributed by atoms with Gasteiger partial charge < -0.3 is 15.0 Å². The van der Waals surface area contributed by atoms with Crippen LogP contribution in [-0.4, -0.2) is 51.8 Å². The van der Waals surface area contributed by atoms with Gasteiger partial charge in [0, 0.05) is 48.6 Å². The lowest BCUT2D eigenvalue weighted by Gasteiger charge is -2.56. The summed E-state index contributed by atoms with van der Waals surface area (Å²) >= 11 is 0. The molecule has 178 valence electrons. The van der Waals surface area contributed by atoms with Gasteiger partial charge in [0.05, 0.1) is 35.9 Å². The van der Waals surface area contributed by atoms with Gasteiger partial charge in [-0.25, -0.2) is 14.5 Å². The van der Waals surface area contributed by atoms with Crippen LogP contribution >= 0.6 is 0 Å². The molecule has 1 N–H and O–H groups in total. The summed E-state index contributed by atoms with van der Waals surface area (Å²) in [6, 6.07) is 9.97. The quantitative estimate of drug-likeness (QED) is 0.470. The Kier molecular flexibility index (Phi) is 5.07. The second kappa shape index (κ2) is 8.16. The molecule has 1 aromatic carbocycles. The summed E-state index contributed by atoms with van der Waals surface area (Å²) in [6.07, 6.45) is 7.26. The number of hydrogen-bond donors (Lipinski definition) is 1. The summed E-state index contributed by atoms with van der Waals surface area (Å²) in [7, 11) is 0. The minimum atomic E-state index is -0.194. The number of rotatable bonds is 5. The number of ether oxygens (including phenoxy) is 1. The Morgan fingerprint density at radius 1 is 1.09 bits per heavy atom. The summed E-state index contributed by atoms with van der Waals surface area (Å²) in [6.45, 7) is 9.88. The standard InChI is InChI=1S/C27H28N6O2/c1-17(2)20-10-28-25(29-11-20)19-5-4-18(3)23(8-19)31-26(34)22-12-30-33-7-6-21(9-24(22)33)32-13-27(14-32)15-35-16-27/h4-12,17H,13-16H2,1-3H3,(H,31,34). The van der Waals surface area contributed by atoms with Crippen molar-refractivity contribution < 1.29 is 9.53 Å². The first-order valence-corrected chi connectivity index (χ1v) is 12.0. The van der Waals surface area contributed by atoms with E-state index < -0.39 is 0 Å². The highest BCUT2D eigenvalue weighted by atomic mass is 16.5. The summed E-state index contributed by atoms with van der Waals surface area (Å²) in [5, 5.41) is 7.46. The molecule has 2 fully saturated rings. The highest BCUT2D eigenvalue weighted by molar-refractivity contribution is 6.09. The molecule has 0 atom stereocenters. The lowest BCUT2D eigenvalue weighted by atomic mass is 9.78. The topological polar surface area (TPSA) is 84.7 Å². The minimum Gasteiger partial charge on any atom is -0.380 e. The van der Waals surface area contributed by atoms with Gasteiger partial charge >= 0.3 is 0 Å². The Hall–Kier alpha value is -3.78. The largest absolute Gasteiger partial charge is 0.380 e. The predicted octanol–water partition coefficient (Wildman–Crippen LogP) is 4.31. The SMILES string of the molecule is Cc1ccc(-c2ncc(C(C)C)cn2)cc1NC(=O)c1cnn2ccc(N3CC4(COC4)C3)cc12. The fraction of sp³-hybridized carbons (Fsp3) is 0.333. The molecular weight excluding hydrogens is 440 g/mol. The van der Waals surface area contributed by atoms with Crippen molar-refractivity contribution in [3.8, 4) is 11.4 Å². The van der Waals surface area contributed by atoms with Crippen molar-refractivity contribution in [2.45, 2.75) is 26.7 Å². The van der Waals surface area contributed by atoms with E-state index in [1.807, 2.05) is 55.8 Å². The maximum Gasteiger partial charge on any atom is 0.259 e. The van der Waals surface area contributed by atoms with Crippen LogP contribution in [0.25, 0.3) is 16.9 Å². The fourth-order valence-electron chi connectivity index (χ4n) is 4.73. The number of carbonyl (C=O) groups excluding carboxylic acids is 1. The van der Waals surface area contributed by atoms with Crippen LogP contribution in [0.15, 0.2) is 55.1 Å². The molecule has 5 heterocycles. The molecular formula is C27H28N6O2. The third-order valence-electron chi connectivity index (χ3n) is 7.07. The molecule has 0 unspecified atom stereocenters. The predicted molar refractivity (Wildman–Crippen MR) is 135 cm³/mol. The van der Waals surface area contributed by atoms with Gasteiger partial charge in [0.1, 0.15) is 0 Å². The fourth-order valence-corrected chi connectivity index (χ4v) is 4.73. The zero-order valence-corrected chi connectivity index (χ0v) is 20.2. The van der Waals surface area contributed by atoms with Crippen LogP contribution in [0.4, 0.5) is 11.4 Å². The second-order valence-electron chi connectivity index (χ2n) is 10.1. The van der Waals surface area contributed by atoms with Gasteiger partial charge in [0.25, 0.3) is 5.91 Å². The molecule has 8 nitrogen and oxygen atoms in total. The Bertz CT molecular complexity index is 1410. The monoisotopic (exact) mass is 468 g/mol. The number of aryl methyl sites for hydroxylation is 1. The van der Waals surface area contributed by atoms with E-state index in [0.29, 0.717) is 22.7 Å². The average molecular weight is 469 g/mol. The van der Waals surface area contributed by atoms with Crippen LogP contribution in [-0.2, 0) is 4.74 Å². The number of carbonyl (C=O) groups is 1. The molecule has 1 amide bonds. The van der Waals surface area contributed by atoms with E-state index in [2.05, 4.69) is 39.1 Å². The van der Waals surface area contributed by atoms with Crippen LogP contribution < -0.4 is 10.2 Å². The van der Waals surface area contributed by atoms with Crippen molar-refractivity contribution in [2.75, 3.05) is 36.5 Å². The number of amides is 1.